The maximum Gasteiger partial charge on any atom is 0.341 e. The number of anilines is 1. The molecule has 0 bridgehead atoms. The van der Waals surface area contributed by atoms with Gasteiger partial charge >= 0.3 is 12.0 Å². The van der Waals surface area contributed by atoms with E-state index in [1.165, 1.54) is 12.1 Å². The summed E-state index contributed by atoms with van der Waals surface area (Å²) in [6, 6.07) is 12.0. The minimum Gasteiger partial charge on any atom is -0.481 e. The fraction of sp³-hybridized carbons (Fsp3) is 0.0526. The third kappa shape index (κ3) is 4.09. The normalized spacial score (nSPS) is 15.5. The highest BCUT2D eigenvalue weighted by atomic mass is 79.9. The van der Waals surface area contributed by atoms with Crippen molar-refractivity contribution >= 4 is 51.5 Å². The standard InChI is InChI=1S/C19H13BrN2O6/c20-12-5-3-6-13(9-12)22-18(26)14(17(25)21-19(22)27)8-11-4-1-2-7-15(11)28-10-16(23)24/h1-9H,10H2,(H,23,24)(H,21,25,27)/b14-8+. The van der Waals surface area contributed by atoms with Gasteiger partial charge in [0.05, 0.1) is 5.69 Å². The summed E-state index contributed by atoms with van der Waals surface area (Å²) in [5, 5.41) is 10.9. The summed E-state index contributed by atoms with van der Waals surface area (Å²) in [5.41, 5.74) is 0.322. The molecule has 0 spiro atoms. The number of carboxylic acids is 1. The average molecular weight is 445 g/mol. The predicted molar refractivity (Wildman–Crippen MR) is 103 cm³/mol. The molecule has 1 heterocycles. The maximum absolute atomic E-state index is 12.9. The zero-order valence-electron chi connectivity index (χ0n) is 14.2. The molecule has 2 N–H and O–H groups in total. The van der Waals surface area contributed by atoms with Gasteiger partial charge in [0.25, 0.3) is 11.8 Å². The number of carboxylic acid groups (broad SMARTS) is 1. The average Bonchev–Trinajstić information content (AvgIpc) is 2.64. The lowest BCUT2D eigenvalue weighted by Crippen LogP contribution is -2.54. The van der Waals surface area contributed by atoms with E-state index in [0.717, 1.165) is 4.90 Å². The SMILES string of the molecule is O=C(O)COc1ccccc1/C=C1\C(=O)NC(=O)N(c2cccc(Br)c2)C1=O. The monoisotopic (exact) mass is 444 g/mol. The summed E-state index contributed by atoms with van der Waals surface area (Å²) in [6.45, 7) is -0.580. The van der Waals surface area contributed by atoms with Crippen LogP contribution in [0.25, 0.3) is 6.08 Å². The van der Waals surface area contributed by atoms with E-state index >= 15 is 0 Å². The number of imide groups is 2. The van der Waals surface area contributed by atoms with E-state index in [0.29, 0.717) is 10.0 Å². The Morgan fingerprint density at radius 1 is 1.14 bits per heavy atom. The van der Waals surface area contributed by atoms with Crippen LogP contribution in [0, 0.1) is 0 Å². The van der Waals surface area contributed by atoms with Crippen molar-refractivity contribution in [2.45, 2.75) is 0 Å². The Balaban J connectivity index is 1.99. The quantitative estimate of drug-likeness (QED) is 0.541. The molecule has 8 nitrogen and oxygen atoms in total. The molecule has 0 radical (unpaired) electrons. The molecule has 0 aromatic heterocycles. The van der Waals surface area contributed by atoms with E-state index in [9.17, 15) is 19.2 Å². The Bertz CT molecular complexity index is 1020. The van der Waals surface area contributed by atoms with Crippen molar-refractivity contribution in [3.05, 3.63) is 64.1 Å². The number of nitrogens with zero attached hydrogens (tertiary/aromatic N) is 1. The molecule has 1 aliphatic rings. The number of aliphatic carboxylic acids is 1. The lowest BCUT2D eigenvalue weighted by Gasteiger charge is -2.26. The number of carbonyl (C=O) groups excluding carboxylic acids is 3. The van der Waals surface area contributed by atoms with Gasteiger partial charge in [0, 0.05) is 10.0 Å². The number of benzene rings is 2. The van der Waals surface area contributed by atoms with Crippen LogP contribution in [-0.4, -0.2) is 35.5 Å². The molecule has 0 aliphatic carbocycles. The summed E-state index contributed by atoms with van der Waals surface area (Å²) >= 11 is 3.27. The van der Waals surface area contributed by atoms with Gasteiger partial charge in [-0.15, -0.1) is 0 Å². The third-order valence-electron chi connectivity index (χ3n) is 3.74. The molecule has 2 aromatic rings. The van der Waals surface area contributed by atoms with E-state index in [1.807, 2.05) is 0 Å². The number of carbonyl (C=O) groups is 4. The minimum atomic E-state index is -1.17. The van der Waals surface area contributed by atoms with Crippen LogP contribution >= 0.6 is 15.9 Å². The van der Waals surface area contributed by atoms with Gasteiger partial charge in [0.2, 0.25) is 0 Å². The van der Waals surface area contributed by atoms with Crippen molar-refractivity contribution in [1.29, 1.82) is 0 Å². The van der Waals surface area contributed by atoms with Gasteiger partial charge in [0.15, 0.2) is 6.61 Å². The molecule has 4 amide bonds. The highest BCUT2D eigenvalue weighted by Gasteiger charge is 2.37. The minimum absolute atomic E-state index is 0.184. The summed E-state index contributed by atoms with van der Waals surface area (Å²) in [6.07, 6.45) is 1.26. The number of barbiturate groups is 1. The van der Waals surface area contributed by atoms with Crippen LogP contribution in [-0.2, 0) is 14.4 Å². The van der Waals surface area contributed by atoms with Gasteiger partial charge in [-0.2, -0.15) is 0 Å². The fourth-order valence-corrected chi connectivity index (χ4v) is 2.92. The van der Waals surface area contributed by atoms with Crippen molar-refractivity contribution in [2.75, 3.05) is 11.5 Å². The number of amides is 4. The van der Waals surface area contributed by atoms with Crippen molar-refractivity contribution < 1.29 is 29.0 Å². The van der Waals surface area contributed by atoms with Gasteiger partial charge in [-0.25, -0.2) is 14.5 Å². The van der Waals surface area contributed by atoms with Crippen LogP contribution in [0.2, 0.25) is 0 Å². The first-order valence-electron chi connectivity index (χ1n) is 7.97. The van der Waals surface area contributed by atoms with Crippen LogP contribution < -0.4 is 15.0 Å². The molecular weight excluding hydrogens is 432 g/mol. The smallest absolute Gasteiger partial charge is 0.341 e. The summed E-state index contributed by atoms with van der Waals surface area (Å²) < 4.78 is 5.84. The van der Waals surface area contributed by atoms with Crippen molar-refractivity contribution in [1.82, 2.24) is 5.32 Å². The first-order valence-corrected chi connectivity index (χ1v) is 8.77. The zero-order chi connectivity index (χ0) is 20.3. The van der Waals surface area contributed by atoms with Crippen LogP contribution in [0.3, 0.4) is 0 Å². The zero-order valence-corrected chi connectivity index (χ0v) is 15.8. The molecular formula is C19H13BrN2O6. The molecule has 0 atom stereocenters. The van der Waals surface area contributed by atoms with Crippen LogP contribution in [0.15, 0.2) is 58.6 Å². The number of urea groups is 1. The van der Waals surface area contributed by atoms with E-state index in [4.69, 9.17) is 9.84 Å². The molecule has 0 saturated carbocycles. The number of ether oxygens (including phenoxy) is 1. The summed E-state index contributed by atoms with van der Waals surface area (Å²) in [4.78, 5) is 48.9. The Hall–Kier alpha value is -3.46. The van der Waals surface area contributed by atoms with Crippen molar-refractivity contribution in [2.24, 2.45) is 0 Å². The lowest BCUT2D eigenvalue weighted by atomic mass is 10.1. The number of rotatable bonds is 5. The number of para-hydroxylation sites is 1. The Kier molecular flexibility index (Phi) is 5.55. The first kappa shape index (κ1) is 19.3. The van der Waals surface area contributed by atoms with Gasteiger partial charge in [0.1, 0.15) is 11.3 Å². The molecule has 1 fully saturated rings. The molecule has 142 valence electrons. The first-order chi connectivity index (χ1) is 13.4. The highest BCUT2D eigenvalue weighted by Crippen LogP contribution is 2.26. The highest BCUT2D eigenvalue weighted by molar-refractivity contribution is 9.10. The predicted octanol–water partition coefficient (Wildman–Crippen LogP) is 2.58. The summed E-state index contributed by atoms with van der Waals surface area (Å²) in [5.74, 6) is -2.64. The molecule has 1 saturated heterocycles. The molecule has 28 heavy (non-hydrogen) atoms. The van der Waals surface area contributed by atoms with Crippen LogP contribution in [0.5, 0.6) is 5.75 Å². The maximum atomic E-state index is 12.9. The largest absolute Gasteiger partial charge is 0.481 e. The second kappa shape index (κ2) is 8.05. The summed E-state index contributed by atoms with van der Waals surface area (Å²) in [7, 11) is 0. The van der Waals surface area contributed by atoms with Crippen molar-refractivity contribution in [3.8, 4) is 5.75 Å². The van der Waals surface area contributed by atoms with E-state index < -0.39 is 30.4 Å². The van der Waals surface area contributed by atoms with Gasteiger partial charge in [-0.05, 0) is 30.3 Å². The van der Waals surface area contributed by atoms with E-state index in [2.05, 4.69) is 21.2 Å². The number of nitrogens with one attached hydrogen (secondary N) is 1. The topological polar surface area (TPSA) is 113 Å². The van der Waals surface area contributed by atoms with E-state index in [1.54, 1.807) is 42.5 Å². The second-order valence-corrected chi connectivity index (χ2v) is 6.57. The van der Waals surface area contributed by atoms with Gasteiger partial charge < -0.3 is 9.84 Å². The fourth-order valence-electron chi connectivity index (χ4n) is 2.53. The van der Waals surface area contributed by atoms with Crippen LogP contribution in [0.4, 0.5) is 10.5 Å². The number of hydrogen-bond acceptors (Lipinski definition) is 5. The lowest BCUT2D eigenvalue weighted by molar-refractivity contribution is -0.139. The molecule has 1 aliphatic heterocycles. The number of hydrogen-bond donors (Lipinski definition) is 2. The third-order valence-corrected chi connectivity index (χ3v) is 4.23. The Morgan fingerprint density at radius 2 is 1.89 bits per heavy atom. The molecule has 9 heteroatoms. The van der Waals surface area contributed by atoms with Gasteiger partial charge in [-0.1, -0.05) is 40.2 Å². The van der Waals surface area contributed by atoms with Crippen LogP contribution in [0.1, 0.15) is 5.56 Å². The Labute approximate surface area is 167 Å². The van der Waals surface area contributed by atoms with E-state index in [-0.39, 0.29) is 17.0 Å². The molecule has 3 rings (SSSR count). The van der Waals surface area contributed by atoms with Gasteiger partial charge in [-0.3, -0.25) is 14.9 Å². The molecule has 2 aromatic carbocycles. The second-order valence-electron chi connectivity index (χ2n) is 5.66. The molecule has 0 unspecified atom stereocenters. The Morgan fingerprint density at radius 3 is 2.61 bits per heavy atom. The number of halogens is 1. The van der Waals surface area contributed by atoms with Crippen molar-refractivity contribution in [3.63, 3.8) is 0 Å².